The molecule has 1 unspecified atom stereocenters. The molecule has 1 atom stereocenters. The summed E-state index contributed by atoms with van der Waals surface area (Å²) in [5.41, 5.74) is 8.68. The number of hydrogen-bond acceptors (Lipinski definition) is 4. The fourth-order valence-electron chi connectivity index (χ4n) is 4.19. The zero-order chi connectivity index (χ0) is 22.4. The number of imide groups is 1. The topological polar surface area (TPSA) is 110 Å². The Labute approximate surface area is 175 Å². The van der Waals surface area contributed by atoms with Gasteiger partial charge in [-0.2, -0.15) is 0 Å². The van der Waals surface area contributed by atoms with Crippen molar-refractivity contribution in [3.8, 4) is 0 Å². The molecule has 1 aliphatic heterocycles. The number of ketones is 1. The van der Waals surface area contributed by atoms with Gasteiger partial charge in [-0.1, -0.05) is 18.2 Å². The van der Waals surface area contributed by atoms with Gasteiger partial charge < -0.3 is 11.1 Å². The molecule has 0 aromatic heterocycles. The first-order valence-corrected chi connectivity index (χ1v) is 9.62. The molecule has 0 aliphatic carbocycles. The summed E-state index contributed by atoms with van der Waals surface area (Å²) >= 11 is 0. The molecule has 3 N–H and O–H groups in total. The summed E-state index contributed by atoms with van der Waals surface area (Å²) in [6, 6.07) is 7.72. The van der Waals surface area contributed by atoms with Crippen LogP contribution in [0.2, 0.25) is 0 Å². The van der Waals surface area contributed by atoms with E-state index in [4.69, 9.17) is 5.73 Å². The molecule has 2 aromatic rings. The van der Waals surface area contributed by atoms with Crippen LogP contribution < -0.4 is 11.1 Å². The van der Waals surface area contributed by atoms with Crippen molar-refractivity contribution < 1.29 is 19.2 Å². The molecule has 0 radical (unpaired) electrons. The third-order valence-electron chi connectivity index (χ3n) is 5.80. The largest absolute Gasteiger partial charge is 0.366 e. The van der Waals surface area contributed by atoms with Crippen LogP contribution in [-0.4, -0.2) is 28.5 Å². The van der Waals surface area contributed by atoms with Gasteiger partial charge in [0.25, 0.3) is 5.91 Å². The highest BCUT2D eigenvalue weighted by atomic mass is 16.2. The number of benzene rings is 2. The van der Waals surface area contributed by atoms with Crippen molar-refractivity contribution >= 4 is 23.6 Å². The highest BCUT2D eigenvalue weighted by Gasteiger charge is 2.49. The van der Waals surface area contributed by atoms with E-state index in [0.717, 1.165) is 27.2 Å². The predicted octanol–water partition coefficient (Wildman–Crippen LogP) is 2.88. The number of hydrogen-bond donors (Lipinski definition) is 2. The molecule has 7 nitrogen and oxygen atoms in total. The van der Waals surface area contributed by atoms with Crippen molar-refractivity contribution in [1.29, 1.82) is 0 Å². The summed E-state index contributed by atoms with van der Waals surface area (Å²) in [6.07, 6.45) is 0. The minimum Gasteiger partial charge on any atom is -0.366 e. The van der Waals surface area contributed by atoms with E-state index in [-0.39, 0.29) is 17.9 Å². The average molecular weight is 407 g/mol. The highest BCUT2D eigenvalue weighted by molar-refractivity contribution is 6.07. The van der Waals surface area contributed by atoms with Crippen molar-refractivity contribution in [2.75, 3.05) is 0 Å². The minimum absolute atomic E-state index is 0.0496. The quantitative estimate of drug-likeness (QED) is 0.587. The Bertz CT molecular complexity index is 1110. The summed E-state index contributed by atoms with van der Waals surface area (Å²) < 4.78 is 0. The number of nitrogens with one attached hydrogen (secondary N) is 1. The Kier molecular flexibility index (Phi) is 5.24. The zero-order valence-electron chi connectivity index (χ0n) is 17.8. The molecular weight excluding hydrogens is 382 g/mol. The first-order valence-electron chi connectivity index (χ1n) is 9.62. The van der Waals surface area contributed by atoms with Crippen LogP contribution in [0.15, 0.2) is 30.3 Å². The second-order valence-corrected chi connectivity index (χ2v) is 7.94. The lowest BCUT2D eigenvalue weighted by molar-refractivity contribution is -0.131. The Morgan fingerprint density at radius 1 is 1.10 bits per heavy atom. The van der Waals surface area contributed by atoms with E-state index in [1.165, 1.54) is 13.0 Å². The van der Waals surface area contributed by atoms with Crippen LogP contribution in [0.4, 0.5) is 4.79 Å². The molecule has 1 heterocycles. The van der Waals surface area contributed by atoms with E-state index >= 15 is 0 Å². The van der Waals surface area contributed by atoms with Gasteiger partial charge >= 0.3 is 6.03 Å². The molecule has 156 valence electrons. The molecule has 0 bridgehead atoms. The zero-order valence-corrected chi connectivity index (χ0v) is 17.8. The fourth-order valence-corrected chi connectivity index (χ4v) is 4.19. The lowest BCUT2D eigenvalue weighted by Gasteiger charge is -2.23. The Morgan fingerprint density at radius 2 is 1.77 bits per heavy atom. The summed E-state index contributed by atoms with van der Waals surface area (Å²) in [4.78, 5) is 50.8. The van der Waals surface area contributed by atoms with Crippen LogP contribution in [0.25, 0.3) is 0 Å². The number of carbonyl (C=O) groups excluding carboxylic acids is 4. The van der Waals surface area contributed by atoms with Crippen LogP contribution in [0.1, 0.15) is 62.4 Å². The van der Waals surface area contributed by atoms with Gasteiger partial charge in [0.05, 0.1) is 6.54 Å². The van der Waals surface area contributed by atoms with Crippen molar-refractivity contribution in [2.45, 2.75) is 46.7 Å². The number of rotatable bonds is 5. The van der Waals surface area contributed by atoms with E-state index < -0.39 is 23.4 Å². The number of aryl methyl sites for hydroxylation is 2. The van der Waals surface area contributed by atoms with Gasteiger partial charge in [0.2, 0.25) is 5.91 Å². The van der Waals surface area contributed by atoms with Crippen LogP contribution in [0, 0.1) is 20.8 Å². The van der Waals surface area contributed by atoms with E-state index in [1.807, 2.05) is 26.8 Å². The maximum absolute atomic E-state index is 13.3. The number of amides is 4. The maximum atomic E-state index is 13.3. The fraction of sp³-hybridized carbons (Fsp3) is 0.304. The SMILES string of the molecule is CC(=O)c1c(C)cc(C)c(CN2C(=O)NC(C)(c3cccc(C(N)=O)c3)C2=O)c1C. The number of Topliss-reactive ketones (excluding diaryl/α,β-unsaturated/α-hetero) is 1. The normalized spacial score (nSPS) is 18.5. The van der Waals surface area contributed by atoms with Crippen molar-refractivity contribution in [2.24, 2.45) is 5.73 Å². The summed E-state index contributed by atoms with van der Waals surface area (Å²) in [5.74, 6) is -1.11. The van der Waals surface area contributed by atoms with Crippen molar-refractivity contribution in [3.63, 3.8) is 0 Å². The molecule has 7 heteroatoms. The third kappa shape index (κ3) is 3.36. The first kappa shape index (κ1) is 21.2. The number of nitrogens with two attached hydrogens (primary N) is 1. The van der Waals surface area contributed by atoms with Crippen LogP contribution in [0.5, 0.6) is 0 Å². The van der Waals surface area contributed by atoms with E-state index in [1.54, 1.807) is 25.1 Å². The lowest BCUT2D eigenvalue weighted by Crippen LogP contribution is -2.41. The molecule has 0 saturated carbocycles. The van der Waals surface area contributed by atoms with Gasteiger partial charge in [0.15, 0.2) is 5.78 Å². The molecule has 2 aromatic carbocycles. The highest BCUT2D eigenvalue weighted by Crippen LogP contribution is 2.32. The predicted molar refractivity (Wildman–Crippen MR) is 112 cm³/mol. The number of carbonyl (C=O) groups is 4. The summed E-state index contributed by atoms with van der Waals surface area (Å²) in [5, 5.41) is 2.74. The smallest absolute Gasteiger partial charge is 0.325 e. The third-order valence-corrected chi connectivity index (χ3v) is 5.80. The second kappa shape index (κ2) is 7.40. The molecular formula is C23H25N3O4. The van der Waals surface area contributed by atoms with Gasteiger partial charge in [-0.25, -0.2) is 4.79 Å². The van der Waals surface area contributed by atoms with Crippen LogP contribution >= 0.6 is 0 Å². The van der Waals surface area contributed by atoms with Gasteiger partial charge in [-0.15, -0.1) is 0 Å². The Morgan fingerprint density at radius 3 is 2.37 bits per heavy atom. The standard InChI is InChI=1S/C23H25N3O4/c1-12-9-13(2)19(15(4)27)14(3)18(12)11-26-21(29)23(5,25-22(26)30)17-8-6-7-16(10-17)20(24)28/h6-10H,11H2,1-5H3,(H2,24,28)(H,25,30). The summed E-state index contributed by atoms with van der Waals surface area (Å²) in [6.45, 7) is 8.76. The van der Waals surface area contributed by atoms with Gasteiger partial charge in [-0.05, 0) is 74.6 Å². The van der Waals surface area contributed by atoms with Crippen molar-refractivity contribution in [3.05, 3.63) is 69.3 Å². The monoisotopic (exact) mass is 407 g/mol. The van der Waals surface area contributed by atoms with E-state index in [2.05, 4.69) is 5.32 Å². The maximum Gasteiger partial charge on any atom is 0.325 e. The van der Waals surface area contributed by atoms with E-state index in [0.29, 0.717) is 11.1 Å². The molecule has 30 heavy (non-hydrogen) atoms. The number of urea groups is 1. The van der Waals surface area contributed by atoms with Crippen molar-refractivity contribution in [1.82, 2.24) is 10.2 Å². The molecule has 1 fully saturated rings. The minimum atomic E-state index is -1.32. The molecule has 1 saturated heterocycles. The number of nitrogens with zero attached hydrogens (tertiary/aromatic N) is 1. The number of primary amides is 1. The second-order valence-electron chi connectivity index (χ2n) is 7.94. The lowest BCUT2D eigenvalue weighted by atomic mass is 9.89. The van der Waals surface area contributed by atoms with Gasteiger partial charge in [0.1, 0.15) is 5.54 Å². The Hall–Kier alpha value is -3.48. The molecule has 4 amide bonds. The van der Waals surface area contributed by atoms with Crippen LogP contribution in [-0.2, 0) is 16.9 Å². The first-order chi connectivity index (χ1) is 14.0. The van der Waals surface area contributed by atoms with Gasteiger partial charge in [-0.3, -0.25) is 19.3 Å². The van der Waals surface area contributed by atoms with Gasteiger partial charge in [0, 0.05) is 11.1 Å². The molecule has 1 aliphatic rings. The summed E-state index contributed by atoms with van der Waals surface area (Å²) in [7, 11) is 0. The average Bonchev–Trinajstić information content (AvgIpc) is 2.88. The Balaban J connectivity index is 2.01. The van der Waals surface area contributed by atoms with E-state index in [9.17, 15) is 19.2 Å². The molecule has 3 rings (SSSR count). The van der Waals surface area contributed by atoms with Crippen LogP contribution in [0.3, 0.4) is 0 Å². The molecule has 0 spiro atoms.